The molecule has 182 valence electrons. The molecule has 2 aromatic carbocycles. The zero-order valence-electron chi connectivity index (χ0n) is 19.2. The summed E-state index contributed by atoms with van der Waals surface area (Å²) in [6, 6.07) is 11.8. The fourth-order valence-corrected chi connectivity index (χ4v) is 5.32. The van der Waals surface area contributed by atoms with E-state index < -0.39 is 17.7 Å². The molecule has 1 aliphatic rings. The summed E-state index contributed by atoms with van der Waals surface area (Å²) < 4.78 is 38.6. The van der Waals surface area contributed by atoms with E-state index in [1.807, 2.05) is 13.8 Å². The van der Waals surface area contributed by atoms with Crippen LogP contribution in [-0.2, 0) is 11.0 Å². The van der Waals surface area contributed by atoms with Crippen LogP contribution >= 0.6 is 11.8 Å². The third-order valence-electron chi connectivity index (χ3n) is 5.71. The minimum atomic E-state index is -4.38. The van der Waals surface area contributed by atoms with Gasteiger partial charge in [0.1, 0.15) is 6.54 Å². The van der Waals surface area contributed by atoms with Crippen LogP contribution in [0.1, 0.15) is 48.2 Å². The summed E-state index contributed by atoms with van der Waals surface area (Å²) in [4.78, 5) is 30.0. The molecular formula is C25H27F3N2O3S. The molecule has 0 bridgehead atoms. The van der Waals surface area contributed by atoms with Crippen molar-refractivity contribution in [2.75, 3.05) is 18.5 Å². The van der Waals surface area contributed by atoms with Crippen molar-refractivity contribution in [3.8, 4) is 0 Å². The van der Waals surface area contributed by atoms with E-state index in [0.29, 0.717) is 34.7 Å². The first-order chi connectivity index (χ1) is 16.0. The van der Waals surface area contributed by atoms with Gasteiger partial charge >= 0.3 is 12.1 Å². The van der Waals surface area contributed by atoms with E-state index in [-0.39, 0.29) is 29.5 Å². The first-order valence-corrected chi connectivity index (χ1v) is 11.8. The number of likely N-dealkylation sites (N-methyl/N-ethyl adjacent to an activating group) is 1. The first kappa shape index (κ1) is 25.8. The summed E-state index contributed by atoms with van der Waals surface area (Å²) in [5, 5.41) is 9.67. The molecule has 0 aliphatic carbocycles. The minimum absolute atomic E-state index is 0.0153. The number of nitrogens with zero attached hydrogens (tertiary/aromatic N) is 2. The predicted octanol–water partition coefficient (Wildman–Crippen LogP) is 5.78. The number of benzene rings is 2. The molecule has 1 N–H and O–H groups in total. The van der Waals surface area contributed by atoms with Gasteiger partial charge in [-0.15, -0.1) is 11.8 Å². The van der Waals surface area contributed by atoms with Crippen molar-refractivity contribution in [2.45, 2.75) is 44.2 Å². The molecule has 1 aliphatic heterocycles. The lowest BCUT2D eigenvalue weighted by atomic mass is 9.96. The molecule has 0 saturated heterocycles. The van der Waals surface area contributed by atoms with E-state index in [4.69, 9.17) is 10.1 Å². The zero-order valence-corrected chi connectivity index (χ0v) is 20.0. The Labute approximate surface area is 201 Å². The van der Waals surface area contributed by atoms with E-state index in [1.165, 1.54) is 23.9 Å². The summed E-state index contributed by atoms with van der Waals surface area (Å²) in [5.41, 5.74) is 1.22. The predicted molar refractivity (Wildman–Crippen MR) is 129 cm³/mol. The van der Waals surface area contributed by atoms with E-state index >= 15 is 0 Å². The topological polar surface area (TPSA) is 70.0 Å². The number of carboxylic acid groups (broad SMARTS) is 1. The first-order valence-electron chi connectivity index (χ1n) is 10.9. The number of hydrogen-bond donors (Lipinski definition) is 1. The number of rotatable bonds is 9. The van der Waals surface area contributed by atoms with Crippen LogP contribution in [-0.4, -0.2) is 46.8 Å². The van der Waals surface area contributed by atoms with Gasteiger partial charge in [-0.05, 0) is 48.7 Å². The van der Waals surface area contributed by atoms with Gasteiger partial charge in [0.05, 0.1) is 16.6 Å². The van der Waals surface area contributed by atoms with Crippen molar-refractivity contribution in [2.24, 2.45) is 10.9 Å². The third-order valence-corrected chi connectivity index (χ3v) is 7.09. The molecule has 2 atom stereocenters. The molecule has 2 unspecified atom stereocenters. The molecule has 0 spiro atoms. The molecule has 0 radical (unpaired) electrons. The van der Waals surface area contributed by atoms with Gasteiger partial charge in [-0.2, -0.15) is 13.2 Å². The summed E-state index contributed by atoms with van der Waals surface area (Å²) in [7, 11) is 1.67. The summed E-state index contributed by atoms with van der Waals surface area (Å²) in [6.07, 6.45) is -3.46. The number of ketones is 1. The highest BCUT2D eigenvalue weighted by molar-refractivity contribution is 8.15. The Morgan fingerprint density at radius 1 is 1.09 bits per heavy atom. The molecule has 3 rings (SSSR count). The highest BCUT2D eigenvalue weighted by Gasteiger charge is 2.34. The fourth-order valence-electron chi connectivity index (χ4n) is 3.83. The van der Waals surface area contributed by atoms with Gasteiger partial charge in [0.2, 0.25) is 0 Å². The van der Waals surface area contributed by atoms with Crippen molar-refractivity contribution < 1.29 is 27.9 Å². The molecule has 0 saturated carbocycles. The molecule has 0 aromatic heterocycles. The molecule has 34 heavy (non-hydrogen) atoms. The normalized spacial score (nSPS) is 18.1. The molecule has 1 heterocycles. The van der Waals surface area contributed by atoms with Crippen molar-refractivity contribution in [1.82, 2.24) is 0 Å². The summed E-state index contributed by atoms with van der Waals surface area (Å²) >= 11 is 1.52. The van der Waals surface area contributed by atoms with E-state index in [0.717, 1.165) is 12.1 Å². The number of hydrogen-bond acceptors (Lipinski definition) is 5. The van der Waals surface area contributed by atoms with Crippen LogP contribution in [0.4, 0.5) is 18.9 Å². The maximum Gasteiger partial charge on any atom is 0.416 e. The van der Waals surface area contributed by atoms with Gasteiger partial charge in [0.25, 0.3) is 0 Å². The number of carboxylic acids is 1. The number of halogens is 3. The number of Topliss-reactive ketones (excluding diaryl/α,β-unsaturated/α-hetero) is 1. The molecule has 0 fully saturated rings. The van der Waals surface area contributed by atoms with Crippen molar-refractivity contribution >= 4 is 34.2 Å². The van der Waals surface area contributed by atoms with Crippen LogP contribution in [0.5, 0.6) is 0 Å². The van der Waals surface area contributed by atoms with E-state index in [9.17, 15) is 22.8 Å². The summed E-state index contributed by atoms with van der Waals surface area (Å²) in [6.45, 7) is 3.96. The number of aliphatic carboxylic acids is 1. The molecule has 5 nitrogen and oxygen atoms in total. The second kappa shape index (κ2) is 10.6. The minimum Gasteiger partial charge on any atom is -0.480 e. The Bertz CT molecular complexity index is 1050. The zero-order chi connectivity index (χ0) is 25.0. The Morgan fingerprint density at radius 3 is 2.24 bits per heavy atom. The van der Waals surface area contributed by atoms with E-state index in [1.54, 1.807) is 36.2 Å². The lowest BCUT2D eigenvalue weighted by Gasteiger charge is -2.20. The van der Waals surface area contributed by atoms with Crippen LogP contribution in [0.25, 0.3) is 0 Å². The van der Waals surface area contributed by atoms with Gasteiger partial charge in [-0.1, -0.05) is 26.0 Å². The number of aliphatic imine (C=N–C) groups is 1. The molecule has 9 heteroatoms. The van der Waals surface area contributed by atoms with Gasteiger partial charge < -0.3 is 10.0 Å². The second-order valence-electron chi connectivity index (χ2n) is 8.66. The Kier molecular flexibility index (Phi) is 8.07. The Morgan fingerprint density at radius 2 is 1.71 bits per heavy atom. The lowest BCUT2D eigenvalue weighted by molar-refractivity contribution is -0.137. The SMILES string of the molecule is CC(C)C1N=C(c2ccc(C(F)(F)F)cc2)SC1CCC(=O)c1ccc(N(C)CC(=O)O)cc1. The van der Waals surface area contributed by atoms with Gasteiger partial charge in [0.15, 0.2) is 5.78 Å². The van der Waals surface area contributed by atoms with Crippen molar-refractivity contribution in [1.29, 1.82) is 0 Å². The highest BCUT2D eigenvalue weighted by atomic mass is 32.2. The number of anilines is 1. The van der Waals surface area contributed by atoms with Crippen molar-refractivity contribution in [3.63, 3.8) is 0 Å². The lowest BCUT2D eigenvalue weighted by Crippen LogP contribution is -2.25. The van der Waals surface area contributed by atoms with Crippen LogP contribution in [0.15, 0.2) is 53.5 Å². The number of thioether (sulfide) groups is 1. The molecule has 2 aromatic rings. The van der Waals surface area contributed by atoms with Crippen LogP contribution in [0, 0.1) is 5.92 Å². The van der Waals surface area contributed by atoms with Crippen LogP contribution < -0.4 is 4.90 Å². The van der Waals surface area contributed by atoms with Crippen molar-refractivity contribution in [3.05, 3.63) is 65.2 Å². The monoisotopic (exact) mass is 492 g/mol. The third kappa shape index (κ3) is 6.40. The Balaban J connectivity index is 1.63. The summed E-state index contributed by atoms with van der Waals surface area (Å²) in [5.74, 6) is -0.726. The van der Waals surface area contributed by atoms with E-state index in [2.05, 4.69) is 0 Å². The molecule has 0 amide bonds. The number of carbonyl (C=O) groups is 2. The largest absolute Gasteiger partial charge is 0.480 e. The van der Waals surface area contributed by atoms with Crippen LogP contribution in [0.3, 0.4) is 0 Å². The highest BCUT2D eigenvalue weighted by Crippen LogP contribution is 2.38. The Hall–Kier alpha value is -2.81. The number of carbonyl (C=O) groups excluding carboxylic acids is 1. The maximum absolute atomic E-state index is 12.9. The van der Waals surface area contributed by atoms with Gasteiger partial charge in [-0.3, -0.25) is 14.6 Å². The number of alkyl halides is 3. The van der Waals surface area contributed by atoms with Gasteiger partial charge in [0, 0.05) is 35.5 Å². The second-order valence-corrected chi connectivity index (χ2v) is 9.89. The standard InChI is InChI=1S/C25H27F3N2O3S/c1-15(2)23-21(34-24(29-23)17-4-8-18(9-5-17)25(26,27)28)13-12-20(31)16-6-10-19(11-7-16)30(3)14-22(32)33/h4-11,15,21,23H,12-14H2,1-3H3,(H,32,33). The van der Waals surface area contributed by atoms with Gasteiger partial charge in [-0.25, -0.2) is 0 Å². The maximum atomic E-state index is 12.9. The fraction of sp³-hybridized carbons (Fsp3) is 0.400. The quantitative estimate of drug-likeness (QED) is 0.450. The van der Waals surface area contributed by atoms with Crippen LogP contribution in [0.2, 0.25) is 0 Å². The average molecular weight is 493 g/mol. The average Bonchev–Trinajstić information content (AvgIpc) is 3.21. The molecular weight excluding hydrogens is 465 g/mol. The smallest absolute Gasteiger partial charge is 0.416 e.